The number of aliphatic carboxylic acids is 1. The number of amides is 3. The summed E-state index contributed by atoms with van der Waals surface area (Å²) in [5.74, 6) is -1.21. The van der Waals surface area contributed by atoms with Crippen LogP contribution in [-0.2, 0) is 9.59 Å². The first-order chi connectivity index (χ1) is 8.59. The van der Waals surface area contributed by atoms with E-state index in [1.54, 1.807) is 0 Å². The van der Waals surface area contributed by atoms with Crippen LogP contribution in [0, 0.1) is 0 Å². The van der Waals surface area contributed by atoms with Gasteiger partial charge in [0.05, 0.1) is 0 Å². The van der Waals surface area contributed by atoms with E-state index in [1.807, 2.05) is 0 Å². The highest BCUT2D eigenvalue weighted by molar-refractivity contribution is 6.04. The number of rotatable bonds is 4. The lowest BCUT2D eigenvalue weighted by Crippen LogP contribution is -2.42. The summed E-state index contributed by atoms with van der Waals surface area (Å²) in [7, 11) is 0. The molecule has 2 fully saturated rings. The molecule has 0 radical (unpaired) electrons. The molecule has 18 heavy (non-hydrogen) atoms. The molecule has 0 bridgehead atoms. The Balaban J connectivity index is 1.97. The molecule has 1 saturated carbocycles. The average molecular weight is 254 g/mol. The highest BCUT2D eigenvalue weighted by Gasteiger charge is 2.41. The molecule has 2 N–H and O–H groups in total. The van der Waals surface area contributed by atoms with Crippen molar-refractivity contribution in [3.05, 3.63) is 0 Å². The third-order valence-electron chi connectivity index (χ3n) is 3.64. The second-order valence-corrected chi connectivity index (χ2v) is 4.93. The van der Waals surface area contributed by atoms with Crippen LogP contribution in [-0.4, -0.2) is 40.0 Å². The first-order valence-electron chi connectivity index (χ1n) is 6.45. The monoisotopic (exact) mass is 254 g/mol. The van der Waals surface area contributed by atoms with Crippen LogP contribution in [0.15, 0.2) is 0 Å². The largest absolute Gasteiger partial charge is 0.481 e. The molecule has 0 aromatic rings. The summed E-state index contributed by atoms with van der Waals surface area (Å²) in [4.78, 5) is 35.7. The summed E-state index contributed by atoms with van der Waals surface area (Å²) >= 11 is 0. The van der Waals surface area contributed by atoms with Gasteiger partial charge in [-0.3, -0.25) is 14.5 Å². The molecule has 0 unspecified atom stereocenters. The van der Waals surface area contributed by atoms with Gasteiger partial charge in [-0.1, -0.05) is 19.3 Å². The van der Waals surface area contributed by atoms with Crippen LogP contribution in [0.4, 0.5) is 4.79 Å². The minimum absolute atomic E-state index is 0.000998. The Kier molecular flexibility index (Phi) is 3.84. The van der Waals surface area contributed by atoms with Crippen molar-refractivity contribution >= 4 is 17.9 Å². The second kappa shape index (κ2) is 5.37. The zero-order chi connectivity index (χ0) is 13.1. The zero-order valence-electron chi connectivity index (χ0n) is 10.2. The molecule has 0 aromatic heterocycles. The van der Waals surface area contributed by atoms with Crippen LogP contribution in [0.1, 0.15) is 44.9 Å². The first-order valence-corrected chi connectivity index (χ1v) is 6.45. The van der Waals surface area contributed by atoms with Crippen molar-refractivity contribution in [2.45, 2.75) is 57.0 Å². The minimum atomic E-state index is -0.951. The molecule has 3 amide bonds. The van der Waals surface area contributed by atoms with Crippen LogP contribution in [0.25, 0.3) is 0 Å². The summed E-state index contributed by atoms with van der Waals surface area (Å²) in [5, 5.41) is 11.2. The van der Waals surface area contributed by atoms with Gasteiger partial charge in [0, 0.05) is 12.5 Å². The molecule has 1 saturated heterocycles. The number of carboxylic acid groups (broad SMARTS) is 1. The Morgan fingerprint density at radius 3 is 2.56 bits per heavy atom. The van der Waals surface area contributed by atoms with Crippen molar-refractivity contribution in [3.63, 3.8) is 0 Å². The van der Waals surface area contributed by atoms with Gasteiger partial charge in [-0.2, -0.15) is 0 Å². The van der Waals surface area contributed by atoms with E-state index in [1.165, 1.54) is 4.90 Å². The fourth-order valence-corrected chi connectivity index (χ4v) is 2.70. The van der Waals surface area contributed by atoms with Crippen LogP contribution >= 0.6 is 0 Å². The van der Waals surface area contributed by atoms with E-state index in [0.717, 1.165) is 32.1 Å². The van der Waals surface area contributed by atoms with Gasteiger partial charge < -0.3 is 10.4 Å². The van der Waals surface area contributed by atoms with E-state index in [0.29, 0.717) is 0 Å². The molecule has 0 spiro atoms. The van der Waals surface area contributed by atoms with Crippen LogP contribution in [0.2, 0.25) is 0 Å². The maximum absolute atomic E-state index is 12.1. The van der Waals surface area contributed by atoms with E-state index in [4.69, 9.17) is 5.11 Å². The van der Waals surface area contributed by atoms with Gasteiger partial charge in [0.1, 0.15) is 6.04 Å². The van der Waals surface area contributed by atoms with E-state index < -0.39 is 12.0 Å². The highest BCUT2D eigenvalue weighted by Crippen LogP contribution is 2.26. The Hall–Kier alpha value is -1.59. The summed E-state index contributed by atoms with van der Waals surface area (Å²) < 4.78 is 0. The lowest BCUT2D eigenvalue weighted by Gasteiger charge is -2.28. The normalized spacial score (nSPS) is 25.3. The number of hydrogen-bond acceptors (Lipinski definition) is 3. The van der Waals surface area contributed by atoms with Crippen molar-refractivity contribution < 1.29 is 19.5 Å². The van der Waals surface area contributed by atoms with E-state index in [-0.39, 0.29) is 30.8 Å². The Morgan fingerprint density at radius 1 is 1.28 bits per heavy atom. The number of nitrogens with one attached hydrogen (secondary N) is 1. The summed E-state index contributed by atoms with van der Waals surface area (Å²) in [5.41, 5.74) is 0. The van der Waals surface area contributed by atoms with Crippen molar-refractivity contribution in [3.8, 4) is 0 Å². The first kappa shape index (κ1) is 12.9. The predicted molar refractivity (Wildman–Crippen MR) is 62.9 cm³/mol. The second-order valence-electron chi connectivity index (χ2n) is 4.93. The summed E-state index contributed by atoms with van der Waals surface area (Å²) in [6, 6.07) is -1.01. The molecule has 1 atom stereocenters. The quantitative estimate of drug-likeness (QED) is 0.735. The van der Waals surface area contributed by atoms with Gasteiger partial charge >= 0.3 is 12.0 Å². The van der Waals surface area contributed by atoms with Crippen LogP contribution < -0.4 is 5.32 Å². The minimum Gasteiger partial charge on any atom is -0.481 e. The SMILES string of the molecule is O=C(O)CC[C@@H]1NC(=O)N(C2CCCCC2)C1=O. The third-order valence-corrected chi connectivity index (χ3v) is 3.64. The number of imide groups is 1. The molecule has 0 aromatic carbocycles. The highest BCUT2D eigenvalue weighted by atomic mass is 16.4. The van der Waals surface area contributed by atoms with Gasteiger partial charge in [0.25, 0.3) is 5.91 Å². The summed E-state index contributed by atoms with van der Waals surface area (Å²) in [6.07, 6.45) is 5.04. The van der Waals surface area contributed by atoms with Gasteiger partial charge in [-0.15, -0.1) is 0 Å². The lowest BCUT2D eigenvalue weighted by molar-refractivity contribution is -0.137. The maximum Gasteiger partial charge on any atom is 0.325 e. The number of carbonyl (C=O) groups excluding carboxylic acids is 2. The van der Waals surface area contributed by atoms with E-state index in [9.17, 15) is 14.4 Å². The number of urea groups is 1. The van der Waals surface area contributed by atoms with Crippen LogP contribution in [0.3, 0.4) is 0 Å². The zero-order valence-corrected chi connectivity index (χ0v) is 10.2. The summed E-state index contributed by atoms with van der Waals surface area (Å²) in [6.45, 7) is 0. The number of carboxylic acids is 1. The standard InChI is InChI=1S/C12H18N2O4/c15-10(16)7-6-9-11(17)14(12(18)13-9)8-4-2-1-3-5-8/h8-9H,1-7H2,(H,13,18)(H,15,16)/t9-/m0/s1. The number of carbonyl (C=O) groups is 3. The maximum atomic E-state index is 12.1. The molecule has 1 aliphatic heterocycles. The van der Waals surface area contributed by atoms with Crippen molar-refractivity contribution in [1.82, 2.24) is 10.2 Å². The van der Waals surface area contributed by atoms with Gasteiger partial charge in [0.15, 0.2) is 0 Å². The van der Waals surface area contributed by atoms with Crippen LogP contribution in [0.5, 0.6) is 0 Å². The predicted octanol–water partition coefficient (Wildman–Crippen LogP) is 1.10. The Labute approximate surface area is 105 Å². The molecule has 100 valence electrons. The van der Waals surface area contributed by atoms with E-state index >= 15 is 0 Å². The fraction of sp³-hybridized carbons (Fsp3) is 0.750. The van der Waals surface area contributed by atoms with Crippen molar-refractivity contribution in [1.29, 1.82) is 0 Å². The van der Waals surface area contributed by atoms with Crippen molar-refractivity contribution in [2.24, 2.45) is 0 Å². The van der Waals surface area contributed by atoms with Gasteiger partial charge in [0.2, 0.25) is 0 Å². The molecule has 2 rings (SSSR count). The van der Waals surface area contributed by atoms with Gasteiger partial charge in [-0.25, -0.2) is 4.79 Å². The fourth-order valence-electron chi connectivity index (χ4n) is 2.70. The number of hydrogen-bond donors (Lipinski definition) is 2. The number of nitrogens with zero attached hydrogens (tertiary/aromatic N) is 1. The van der Waals surface area contributed by atoms with Gasteiger partial charge in [-0.05, 0) is 19.3 Å². The third kappa shape index (κ3) is 2.63. The molecule has 1 heterocycles. The Bertz CT molecular complexity index is 363. The molecule has 1 aliphatic carbocycles. The molecule has 2 aliphatic rings. The lowest BCUT2D eigenvalue weighted by atomic mass is 9.94. The average Bonchev–Trinajstić information content (AvgIpc) is 2.63. The smallest absolute Gasteiger partial charge is 0.325 e. The molecular formula is C12H18N2O4. The Morgan fingerprint density at radius 2 is 1.94 bits per heavy atom. The molecule has 6 heteroatoms. The topological polar surface area (TPSA) is 86.7 Å². The van der Waals surface area contributed by atoms with Crippen molar-refractivity contribution in [2.75, 3.05) is 0 Å². The molecular weight excluding hydrogens is 236 g/mol. The molecule has 6 nitrogen and oxygen atoms in total. The van der Waals surface area contributed by atoms with E-state index in [2.05, 4.69) is 5.32 Å².